The quantitative estimate of drug-likeness (QED) is 0.563. The van der Waals surface area contributed by atoms with E-state index in [2.05, 4.69) is 22.4 Å². The zero-order valence-electron chi connectivity index (χ0n) is 16.7. The fourth-order valence-electron chi connectivity index (χ4n) is 3.28. The van der Waals surface area contributed by atoms with Gasteiger partial charge in [-0.05, 0) is 30.5 Å². The third kappa shape index (κ3) is 7.50. The smallest absolute Gasteiger partial charge is 0.161 e. The van der Waals surface area contributed by atoms with E-state index in [1.165, 1.54) is 0 Å². The van der Waals surface area contributed by atoms with Gasteiger partial charge in [-0.2, -0.15) is 0 Å². The summed E-state index contributed by atoms with van der Waals surface area (Å²) < 4.78 is 16.2. The monoisotopic (exact) mass is 378 g/mol. The number of rotatable bonds is 12. The number of morpholine rings is 1. The molecule has 1 heterocycles. The number of aliphatic hydroxyl groups excluding tert-OH is 1. The second kappa shape index (κ2) is 12.0. The first-order valence-electron chi connectivity index (χ1n) is 9.68. The number of allylic oxidation sites excluding steroid dienone is 1. The molecular formula is C21H34N2O4. The Morgan fingerprint density at radius 1 is 1.26 bits per heavy atom. The van der Waals surface area contributed by atoms with Crippen LogP contribution in [0.15, 0.2) is 30.9 Å². The molecule has 0 spiro atoms. The van der Waals surface area contributed by atoms with E-state index < -0.39 is 0 Å². The van der Waals surface area contributed by atoms with Crippen molar-refractivity contribution in [1.29, 1.82) is 0 Å². The van der Waals surface area contributed by atoms with Crippen LogP contribution in [0.2, 0.25) is 0 Å². The van der Waals surface area contributed by atoms with Gasteiger partial charge in [0.2, 0.25) is 0 Å². The minimum atomic E-state index is -0.354. The van der Waals surface area contributed by atoms with E-state index in [-0.39, 0.29) is 6.10 Å². The molecule has 1 N–H and O–H groups in total. The summed E-state index contributed by atoms with van der Waals surface area (Å²) in [6.07, 6.45) is 3.07. The van der Waals surface area contributed by atoms with E-state index >= 15 is 0 Å². The van der Waals surface area contributed by atoms with Crippen molar-refractivity contribution in [2.24, 2.45) is 0 Å². The molecule has 152 valence electrons. The first kappa shape index (κ1) is 21.7. The molecule has 6 nitrogen and oxygen atoms in total. The maximum Gasteiger partial charge on any atom is 0.161 e. The van der Waals surface area contributed by atoms with Crippen molar-refractivity contribution < 1.29 is 19.3 Å². The van der Waals surface area contributed by atoms with Crippen LogP contribution in [0, 0.1) is 0 Å². The molecule has 2 rings (SSSR count). The van der Waals surface area contributed by atoms with Crippen LogP contribution < -0.4 is 9.47 Å². The highest BCUT2D eigenvalue weighted by molar-refractivity contribution is 5.42. The van der Waals surface area contributed by atoms with Gasteiger partial charge in [-0.15, -0.1) is 6.58 Å². The van der Waals surface area contributed by atoms with Crippen molar-refractivity contribution in [3.05, 3.63) is 36.4 Å². The molecule has 0 saturated carbocycles. The van der Waals surface area contributed by atoms with Crippen LogP contribution in [-0.4, -0.2) is 81.2 Å². The predicted octanol–water partition coefficient (Wildman–Crippen LogP) is 2.17. The summed E-state index contributed by atoms with van der Waals surface area (Å²) in [6, 6.07) is 6.00. The number of hydrogen-bond acceptors (Lipinski definition) is 6. The predicted molar refractivity (Wildman–Crippen MR) is 108 cm³/mol. The Balaban J connectivity index is 1.99. The molecule has 0 radical (unpaired) electrons. The maximum atomic E-state index is 10.4. The molecule has 0 aliphatic carbocycles. The molecule has 0 amide bonds. The summed E-state index contributed by atoms with van der Waals surface area (Å²) in [5, 5.41) is 10.4. The number of ether oxygens (including phenoxy) is 3. The lowest BCUT2D eigenvalue weighted by Crippen LogP contribution is -2.42. The molecule has 6 heteroatoms. The Kier molecular flexibility index (Phi) is 9.62. The van der Waals surface area contributed by atoms with Crippen LogP contribution in [-0.2, 0) is 11.3 Å². The van der Waals surface area contributed by atoms with Gasteiger partial charge in [0.05, 0.1) is 33.5 Å². The van der Waals surface area contributed by atoms with E-state index in [4.69, 9.17) is 14.2 Å². The summed E-state index contributed by atoms with van der Waals surface area (Å²) in [7, 11) is 3.29. The molecule has 0 bridgehead atoms. The zero-order valence-corrected chi connectivity index (χ0v) is 16.7. The van der Waals surface area contributed by atoms with E-state index in [1.807, 2.05) is 18.2 Å². The van der Waals surface area contributed by atoms with E-state index in [9.17, 15) is 5.11 Å². The highest BCUT2D eigenvalue weighted by atomic mass is 16.5. The van der Waals surface area contributed by atoms with Gasteiger partial charge >= 0.3 is 0 Å². The molecule has 27 heavy (non-hydrogen) atoms. The summed E-state index contributed by atoms with van der Waals surface area (Å²) in [6.45, 7) is 10.6. The molecule has 0 aromatic heterocycles. The minimum Gasteiger partial charge on any atom is -0.493 e. The normalized spacial score (nSPS) is 16.3. The van der Waals surface area contributed by atoms with Crippen LogP contribution in [0.5, 0.6) is 11.5 Å². The van der Waals surface area contributed by atoms with Gasteiger partial charge in [0, 0.05) is 39.3 Å². The van der Waals surface area contributed by atoms with Gasteiger partial charge in [-0.1, -0.05) is 12.1 Å². The minimum absolute atomic E-state index is 0.354. The van der Waals surface area contributed by atoms with Crippen molar-refractivity contribution in [2.45, 2.75) is 25.5 Å². The van der Waals surface area contributed by atoms with Crippen LogP contribution in [0.4, 0.5) is 0 Å². The van der Waals surface area contributed by atoms with Gasteiger partial charge in [0.1, 0.15) is 0 Å². The molecular weight excluding hydrogens is 344 g/mol. The number of nitrogens with zero attached hydrogens (tertiary/aromatic N) is 2. The lowest BCUT2D eigenvalue weighted by Gasteiger charge is -2.31. The van der Waals surface area contributed by atoms with Gasteiger partial charge in [0.15, 0.2) is 11.5 Å². The average Bonchev–Trinajstić information content (AvgIpc) is 2.71. The molecule has 1 aliphatic heterocycles. The molecule has 1 saturated heterocycles. The number of hydrogen-bond donors (Lipinski definition) is 1. The Hall–Kier alpha value is -1.60. The fourth-order valence-corrected chi connectivity index (χ4v) is 3.28. The highest BCUT2D eigenvalue weighted by Gasteiger charge is 2.16. The van der Waals surface area contributed by atoms with Crippen LogP contribution in [0.25, 0.3) is 0 Å². The van der Waals surface area contributed by atoms with Gasteiger partial charge in [0.25, 0.3) is 0 Å². The molecule has 1 unspecified atom stereocenters. The largest absolute Gasteiger partial charge is 0.493 e. The fraction of sp³-hybridized carbons (Fsp3) is 0.619. The SMILES string of the molecule is C=CCCC(O)CN(CCN1CCOCC1)Cc1ccc(OC)c(OC)c1. The first-order chi connectivity index (χ1) is 13.2. The third-order valence-corrected chi connectivity index (χ3v) is 4.86. The van der Waals surface area contributed by atoms with Gasteiger partial charge in [-0.3, -0.25) is 9.80 Å². The number of aliphatic hydroxyl groups is 1. The molecule has 1 fully saturated rings. The van der Waals surface area contributed by atoms with Crippen molar-refractivity contribution in [2.75, 3.05) is 60.2 Å². The molecule has 1 aromatic carbocycles. The van der Waals surface area contributed by atoms with Crippen molar-refractivity contribution in [3.63, 3.8) is 0 Å². The molecule has 1 atom stereocenters. The standard InChI is InChI=1S/C21H34N2O4/c1-4-5-6-19(24)17-23(10-9-22-11-13-27-14-12-22)16-18-7-8-20(25-2)21(15-18)26-3/h4,7-8,15,19,24H,1,5-6,9-14,16-17H2,2-3H3. The summed E-state index contributed by atoms with van der Waals surface area (Å²) in [5.41, 5.74) is 1.14. The maximum absolute atomic E-state index is 10.4. The molecule has 1 aliphatic rings. The summed E-state index contributed by atoms with van der Waals surface area (Å²) in [5.74, 6) is 1.46. The topological polar surface area (TPSA) is 54.4 Å². The van der Waals surface area contributed by atoms with Crippen molar-refractivity contribution >= 4 is 0 Å². The van der Waals surface area contributed by atoms with E-state index in [1.54, 1.807) is 14.2 Å². The van der Waals surface area contributed by atoms with Crippen molar-refractivity contribution in [3.8, 4) is 11.5 Å². The average molecular weight is 379 g/mol. The van der Waals surface area contributed by atoms with Crippen LogP contribution in [0.3, 0.4) is 0 Å². The van der Waals surface area contributed by atoms with E-state index in [0.29, 0.717) is 6.54 Å². The Labute approximate surface area is 163 Å². The molecule has 1 aromatic rings. The second-order valence-electron chi connectivity index (χ2n) is 6.90. The van der Waals surface area contributed by atoms with Crippen LogP contribution in [0.1, 0.15) is 18.4 Å². The Morgan fingerprint density at radius 3 is 2.67 bits per heavy atom. The van der Waals surface area contributed by atoms with Crippen molar-refractivity contribution in [1.82, 2.24) is 9.80 Å². The first-order valence-corrected chi connectivity index (χ1v) is 9.68. The highest BCUT2D eigenvalue weighted by Crippen LogP contribution is 2.28. The lowest BCUT2D eigenvalue weighted by atomic mass is 10.1. The van der Waals surface area contributed by atoms with Gasteiger partial charge < -0.3 is 19.3 Å². The summed E-state index contributed by atoms with van der Waals surface area (Å²) in [4.78, 5) is 4.73. The zero-order chi connectivity index (χ0) is 19.5. The number of benzene rings is 1. The Morgan fingerprint density at radius 2 is 2.00 bits per heavy atom. The van der Waals surface area contributed by atoms with E-state index in [0.717, 1.165) is 75.8 Å². The Bertz CT molecular complexity index is 561. The number of methoxy groups -OCH3 is 2. The lowest BCUT2D eigenvalue weighted by molar-refractivity contribution is 0.0288. The van der Waals surface area contributed by atoms with Crippen LogP contribution >= 0.6 is 0 Å². The second-order valence-corrected chi connectivity index (χ2v) is 6.90. The summed E-state index contributed by atoms with van der Waals surface area (Å²) >= 11 is 0. The third-order valence-electron chi connectivity index (χ3n) is 4.86. The van der Waals surface area contributed by atoms with Gasteiger partial charge in [-0.25, -0.2) is 0 Å².